The van der Waals surface area contributed by atoms with Gasteiger partial charge in [0.1, 0.15) is 6.61 Å². The summed E-state index contributed by atoms with van der Waals surface area (Å²) in [6.07, 6.45) is 1.45. The molecular weight excluding hydrogens is 410 g/mol. The van der Waals surface area contributed by atoms with Crippen LogP contribution >= 0.6 is 11.6 Å². The van der Waals surface area contributed by atoms with E-state index in [9.17, 15) is 14.4 Å². The fourth-order valence-corrected chi connectivity index (χ4v) is 3.51. The van der Waals surface area contributed by atoms with Crippen molar-refractivity contribution in [3.05, 3.63) is 67.7 Å². The van der Waals surface area contributed by atoms with Crippen LogP contribution in [0.4, 0.5) is 0 Å². The van der Waals surface area contributed by atoms with Gasteiger partial charge < -0.3 is 9.30 Å². The minimum absolute atomic E-state index is 0.0172. The lowest BCUT2D eigenvalue weighted by Crippen LogP contribution is -2.37. The van der Waals surface area contributed by atoms with Crippen molar-refractivity contribution in [1.29, 1.82) is 0 Å². The first-order chi connectivity index (χ1) is 14.3. The molecule has 0 bridgehead atoms. The molecule has 0 N–H and O–H groups in total. The van der Waals surface area contributed by atoms with E-state index in [2.05, 4.69) is 9.97 Å². The average molecular weight is 428 g/mol. The molecule has 0 amide bonds. The summed E-state index contributed by atoms with van der Waals surface area (Å²) in [5.41, 5.74) is 1.27. The number of rotatable bonds is 4. The van der Waals surface area contributed by atoms with Crippen LogP contribution in [0.1, 0.15) is 16.1 Å². The van der Waals surface area contributed by atoms with Gasteiger partial charge in [-0.1, -0.05) is 11.6 Å². The van der Waals surface area contributed by atoms with Crippen LogP contribution in [0.25, 0.3) is 22.1 Å². The number of aryl methyl sites for hydroxylation is 2. The second kappa shape index (κ2) is 7.42. The van der Waals surface area contributed by atoms with Crippen LogP contribution in [0.5, 0.6) is 0 Å². The average Bonchev–Trinajstić information content (AvgIpc) is 3.14. The summed E-state index contributed by atoms with van der Waals surface area (Å²) in [7, 11) is 2.95. The summed E-state index contributed by atoms with van der Waals surface area (Å²) in [4.78, 5) is 45.6. The van der Waals surface area contributed by atoms with Crippen LogP contribution in [-0.2, 0) is 25.4 Å². The molecule has 10 heteroatoms. The van der Waals surface area contributed by atoms with E-state index in [4.69, 9.17) is 16.3 Å². The minimum Gasteiger partial charge on any atom is -0.460 e. The van der Waals surface area contributed by atoms with Crippen LogP contribution in [0, 0.1) is 6.92 Å². The lowest BCUT2D eigenvalue weighted by Gasteiger charge is -2.10. The summed E-state index contributed by atoms with van der Waals surface area (Å²) < 4.78 is 9.28. The third-order valence-corrected chi connectivity index (χ3v) is 5.20. The van der Waals surface area contributed by atoms with Gasteiger partial charge in [0.2, 0.25) is 0 Å². The van der Waals surface area contributed by atoms with Gasteiger partial charge in [0.15, 0.2) is 11.2 Å². The lowest BCUT2D eigenvalue weighted by molar-refractivity contribution is 0.0491. The number of halogens is 1. The highest BCUT2D eigenvalue weighted by Gasteiger charge is 2.16. The van der Waals surface area contributed by atoms with Crippen molar-refractivity contribution >= 4 is 39.6 Å². The number of benzene rings is 1. The third-order valence-electron chi connectivity index (χ3n) is 4.97. The van der Waals surface area contributed by atoms with Gasteiger partial charge in [-0.05, 0) is 31.2 Å². The molecule has 0 aliphatic carbocycles. The number of esters is 1. The molecule has 3 aromatic heterocycles. The van der Waals surface area contributed by atoms with Crippen molar-refractivity contribution in [3.8, 4) is 0 Å². The topological polar surface area (TPSA) is 101 Å². The molecular formula is C20H18ClN5O4. The van der Waals surface area contributed by atoms with Crippen molar-refractivity contribution in [3.63, 3.8) is 0 Å². The quantitative estimate of drug-likeness (QED) is 0.460. The molecule has 3 heterocycles. The first-order valence-corrected chi connectivity index (χ1v) is 9.50. The maximum Gasteiger partial charge on any atom is 0.340 e. The predicted molar refractivity (Wildman–Crippen MR) is 112 cm³/mol. The van der Waals surface area contributed by atoms with Gasteiger partial charge in [0, 0.05) is 24.5 Å². The van der Waals surface area contributed by atoms with E-state index in [-0.39, 0.29) is 24.3 Å². The number of imidazole rings is 1. The summed E-state index contributed by atoms with van der Waals surface area (Å²) >= 11 is 6.02. The number of hydrogen-bond acceptors (Lipinski definition) is 6. The molecule has 154 valence electrons. The number of hydrogen-bond donors (Lipinski definition) is 0. The van der Waals surface area contributed by atoms with Crippen molar-refractivity contribution in [2.45, 2.75) is 13.5 Å². The van der Waals surface area contributed by atoms with Gasteiger partial charge in [-0.15, -0.1) is 0 Å². The molecule has 0 radical (unpaired) electrons. The zero-order valence-corrected chi connectivity index (χ0v) is 17.3. The highest BCUT2D eigenvalue weighted by atomic mass is 35.5. The fraction of sp³-hybridized carbons (Fsp3) is 0.250. The van der Waals surface area contributed by atoms with E-state index in [1.54, 1.807) is 42.8 Å². The monoisotopic (exact) mass is 427 g/mol. The number of ether oxygens (including phenoxy) is 1. The smallest absolute Gasteiger partial charge is 0.340 e. The minimum atomic E-state index is -0.522. The van der Waals surface area contributed by atoms with Gasteiger partial charge in [0.05, 0.1) is 29.6 Å². The zero-order valence-electron chi connectivity index (χ0n) is 16.5. The van der Waals surface area contributed by atoms with Gasteiger partial charge in [-0.25, -0.2) is 14.6 Å². The van der Waals surface area contributed by atoms with Crippen LogP contribution in [0.3, 0.4) is 0 Å². The van der Waals surface area contributed by atoms with E-state index in [0.717, 1.165) is 15.5 Å². The second-order valence-electron chi connectivity index (χ2n) is 6.91. The molecule has 0 atom stereocenters. The standard InChI is InChI=1S/C20H18ClN5O4/c1-11-14(9-12-8-13(21)4-5-15(12)23-11)19(28)30-7-6-26-10-22-17-16(26)18(27)25(3)20(29)24(17)2/h4-5,8-10H,6-7H2,1-3H3. The Morgan fingerprint density at radius 3 is 2.70 bits per heavy atom. The van der Waals surface area contributed by atoms with Crippen LogP contribution < -0.4 is 11.2 Å². The molecule has 30 heavy (non-hydrogen) atoms. The van der Waals surface area contributed by atoms with E-state index < -0.39 is 17.2 Å². The van der Waals surface area contributed by atoms with Crippen molar-refractivity contribution < 1.29 is 9.53 Å². The number of carbonyl (C=O) groups excluding carboxylic acids is 1. The maximum atomic E-state index is 12.6. The molecule has 0 aliphatic heterocycles. The maximum absolute atomic E-state index is 12.6. The van der Waals surface area contributed by atoms with Crippen molar-refractivity contribution in [1.82, 2.24) is 23.7 Å². The molecule has 0 saturated carbocycles. The largest absolute Gasteiger partial charge is 0.460 e. The molecule has 0 spiro atoms. The van der Waals surface area contributed by atoms with E-state index >= 15 is 0 Å². The van der Waals surface area contributed by atoms with E-state index in [1.807, 2.05) is 0 Å². The highest BCUT2D eigenvalue weighted by Crippen LogP contribution is 2.21. The van der Waals surface area contributed by atoms with E-state index in [1.165, 1.54) is 17.9 Å². The molecule has 0 unspecified atom stereocenters. The Morgan fingerprint density at radius 2 is 1.93 bits per heavy atom. The van der Waals surface area contributed by atoms with Gasteiger partial charge in [0.25, 0.3) is 5.56 Å². The Balaban J connectivity index is 1.56. The lowest BCUT2D eigenvalue weighted by atomic mass is 10.1. The van der Waals surface area contributed by atoms with Gasteiger partial charge in [-0.3, -0.25) is 18.9 Å². The first kappa shape index (κ1) is 19.8. The number of aromatic nitrogens is 5. The Kier molecular flexibility index (Phi) is 4.90. The van der Waals surface area contributed by atoms with Crippen LogP contribution in [-0.4, -0.2) is 36.2 Å². The first-order valence-electron chi connectivity index (χ1n) is 9.13. The van der Waals surface area contributed by atoms with Crippen LogP contribution in [0.15, 0.2) is 40.2 Å². The third kappa shape index (κ3) is 3.26. The second-order valence-corrected chi connectivity index (χ2v) is 7.35. The van der Waals surface area contributed by atoms with Gasteiger partial charge in [-0.2, -0.15) is 0 Å². The zero-order chi connectivity index (χ0) is 21.6. The molecule has 9 nitrogen and oxygen atoms in total. The summed E-state index contributed by atoms with van der Waals surface area (Å²) in [6.45, 7) is 1.96. The molecule has 4 aromatic rings. The number of fused-ring (bicyclic) bond motifs is 2. The highest BCUT2D eigenvalue weighted by molar-refractivity contribution is 6.31. The summed E-state index contributed by atoms with van der Waals surface area (Å²) in [5, 5.41) is 1.29. The molecule has 0 saturated heterocycles. The Labute approximate surface area is 175 Å². The molecule has 0 fully saturated rings. The Hall–Kier alpha value is -3.46. The van der Waals surface area contributed by atoms with E-state index in [0.29, 0.717) is 16.3 Å². The predicted octanol–water partition coefficient (Wildman–Crippen LogP) is 1.80. The summed E-state index contributed by atoms with van der Waals surface area (Å²) in [5.74, 6) is -0.522. The Bertz CT molecular complexity index is 1430. The van der Waals surface area contributed by atoms with Crippen molar-refractivity contribution in [2.75, 3.05) is 6.61 Å². The summed E-state index contributed by atoms with van der Waals surface area (Å²) in [6, 6.07) is 6.96. The normalized spacial score (nSPS) is 11.3. The van der Waals surface area contributed by atoms with Gasteiger partial charge >= 0.3 is 11.7 Å². The molecule has 0 aliphatic rings. The Morgan fingerprint density at radius 1 is 1.17 bits per heavy atom. The van der Waals surface area contributed by atoms with Crippen LogP contribution in [0.2, 0.25) is 5.02 Å². The number of pyridine rings is 1. The number of carbonyl (C=O) groups is 1. The molecule has 1 aromatic carbocycles. The molecule has 4 rings (SSSR count). The SMILES string of the molecule is Cc1nc2ccc(Cl)cc2cc1C(=O)OCCn1cnc2c1c(=O)n(C)c(=O)n2C. The number of nitrogens with zero attached hydrogens (tertiary/aromatic N) is 5. The fourth-order valence-electron chi connectivity index (χ4n) is 3.33. The van der Waals surface area contributed by atoms with Crippen molar-refractivity contribution in [2.24, 2.45) is 14.1 Å².